The Bertz CT molecular complexity index is 388. The van der Waals surface area contributed by atoms with Gasteiger partial charge in [-0.3, -0.25) is 9.59 Å². The molecule has 1 amide bonds. The molecule has 1 rings (SSSR count). The van der Waals surface area contributed by atoms with E-state index in [0.717, 1.165) is 6.92 Å². The predicted molar refractivity (Wildman–Crippen MR) is 61.1 cm³/mol. The number of hydrogen-bond donors (Lipinski definition) is 2. The molecule has 0 saturated carbocycles. The van der Waals surface area contributed by atoms with Gasteiger partial charge < -0.3 is 20.0 Å². The lowest BCUT2D eigenvalue weighted by Crippen LogP contribution is -2.61. The van der Waals surface area contributed by atoms with Crippen LogP contribution in [0.4, 0.5) is 0 Å². The number of amides is 1. The first-order chi connectivity index (χ1) is 8.30. The van der Waals surface area contributed by atoms with Crippen molar-refractivity contribution in [1.82, 2.24) is 9.80 Å². The molecule has 1 atom stereocenters. The molecular weight excluding hydrogens is 238 g/mol. The van der Waals surface area contributed by atoms with Gasteiger partial charge in [0.25, 0.3) is 5.91 Å². The second kappa shape index (κ2) is 5.44. The number of hydrogen-bond acceptors (Lipinski definition) is 6. The maximum Gasteiger partial charge on any atom is 0.306 e. The van der Waals surface area contributed by atoms with Gasteiger partial charge in [0.2, 0.25) is 0 Å². The second-order valence-corrected chi connectivity index (χ2v) is 4.51. The lowest BCUT2D eigenvalue weighted by atomic mass is 10.1. The van der Waals surface area contributed by atoms with Crippen molar-refractivity contribution in [2.45, 2.75) is 25.2 Å². The summed E-state index contributed by atoms with van der Waals surface area (Å²) in [7, 11) is 1.85. The van der Waals surface area contributed by atoms with Crippen molar-refractivity contribution in [1.29, 1.82) is 5.26 Å². The largest absolute Gasteiger partial charge is 0.352 e. The van der Waals surface area contributed by atoms with Gasteiger partial charge in [-0.15, -0.1) is 0 Å². The van der Waals surface area contributed by atoms with Crippen molar-refractivity contribution >= 4 is 11.7 Å². The molecule has 0 aromatic carbocycles. The SMILES string of the molecule is CC(=O)C(O)(O)C(=O)N1CCN(C)CC1CC#N. The monoisotopic (exact) mass is 255 g/mol. The van der Waals surface area contributed by atoms with Crippen molar-refractivity contribution < 1.29 is 19.8 Å². The number of ketones is 1. The van der Waals surface area contributed by atoms with E-state index in [2.05, 4.69) is 0 Å². The van der Waals surface area contributed by atoms with Crippen LogP contribution in [-0.4, -0.2) is 70.2 Å². The normalized spacial score (nSPS) is 21.5. The van der Waals surface area contributed by atoms with E-state index in [9.17, 15) is 19.8 Å². The van der Waals surface area contributed by atoms with Gasteiger partial charge in [-0.1, -0.05) is 0 Å². The lowest BCUT2D eigenvalue weighted by Gasteiger charge is -2.40. The smallest absolute Gasteiger partial charge is 0.306 e. The zero-order valence-corrected chi connectivity index (χ0v) is 10.5. The van der Waals surface area contributed by atoms with Crippen molar-refractivity contribution in [2.75, 3.05) is 26.7 Å². The molecule has 1 unspecified atom stereocenters. The Morgan fingerprint density at radius 2 is 2.06 bits per heavy atom. The predicted octanol–water partition coefficient (Wildman–Crippen LogP) is -1.69. The first-order valence-electron chi connectivity index (χ1n) is 5.63. The third-order valence-corrected chi connectivity index (χ3v) is 3.06. The number of nitriles is 1. The summed E-state index contributed by atoms with van der Waals surface area (Å²) in [6.07, 6.45) is 0.0874. The van der Waals surface area contributed by atoms with Gasteiger partial charge in [-0.25, -0.2) is 0 Å². The molecule has 0 bridgehead atoms. The van der Waals surface area contributed by atoms with Crippen LogP contribution in [0, 0.1) is 11.3 Å². The number of Topliss-reactive ketones (excluding diaryl/α,β-unsaturated/α-hetero) is 1. The van der Waals surface area contributed by atoms with E-state index in [-0.39, 0.29) is 13.0 Å². The first-order valence-corrected chi connectivity index (χ1v) is 5.63. The molecule has 1 aliphatic heterocycles. The summed E-state index contributed by atoms with van der Waals surface area (Å²) in [4.78, 5) is 26.1. The molecule has 0 radical (unpaired) electrons. The molecule has 0 spiro atoms. The third-order valence-electron chi connectivity index (χ3n) is 3.06. The lowest BCUT2D eigenvalue weighted by molar-refractivity contribution is -0.200. The number of carbonyl (C=O) groups excluding carboxylic acids is 2. The molecular formula is C11H17N3O4. The number of nitrogens with zero attached hydrogens (tertiary/aromatic N) is 3. The van der Waals surface area contributed by atoms with Gasteiger partial charge in [-0.2, -0.15) is 5.26 Å². The van der Waals surface area contributed by atoms with E-state index in [1.54, 1.807) is 0 Å². The molecule has 7 heteroatoms. The van der Waals surface area contributed by atoms with Gasteiger partial charge in [0, 0.05) is 26.6 Å². The van der Waals surface area contributed by atoms with Crippen LogP contribution in [0.1, 0.15) is 13.3 Å². The van der Waals surface area contributed by atoms with E-state index >= 15 is 0 Å². The molecule has 1 fully saturated rings. The van der Waals surface area contributed by atoms with Gasteiger partial charge in [0.15, 0.2) is 5.78 Å². The van der Waals surface area contributed by atoms with Crippen molar-refractivity contribution in [3.8, 4) is 6.07 Å². The van der Waals surface area contributed by atoms with Crippen LogP contribution in [0.25, 0.3) is 0 Å². The Morgan fingerprint density at radius 3 is 2.56 bits per heavy atom. The van der Waals surface area contributed by atoms with Gasteiger partial charge in [-0.05, 0) is 7.05 Å². The topological polar surface area (TPSA) is 105 Å². The van der Waals surface area contributed by atoms with E-state index in [0.29, 0.717) is 13.1 Å². The molecule has 100 valence electrons. The zero-order chi connectivity index (χ0) is 13.9. The van der Waals surface area contributed by atoms with Crippen LogP contribution in [0.2, 0.25) is 0 Å². The number of rotatable bonds is 3. The maximum absolute atomic E-state index is 11.9. The highest BCUT2D eigenvalue weighted by molar-refractivity contribution is 6.06. The minimum atomic E-state index is -3.00. The Hall–Kier alpha value is -1.49. The van der Waals surface area contributed by atoms with Gasteiger partial charge >= 0.3 is 5.79 Å². The summed E-state index contributed by atoms with van der Waals surface area (Å²) in [5.41, 5.74) is 0. The van der Waals surface area contributed by atoms with Crippen LogP contribution in [-0.2, 0) is 9.59 Å². The van der Waals surface area contributed by atoms with E-state index in [1.807, 2.05) is 18.0 Å². The van der Waals surface area contributed by atoms with E-state index in [1.165, 1.54) is 4.90 Å². The fourth-order valence-electron chi connectivity index (χ4n) is 1.91. The van der Waals surface area contributed by atoms with Crippen molar-refractivity contribution in [2.24, 2.45) is 0 Å². The molecule has 0 aliphatic carbocycles. The third kappa shape index (κ3) is 2.85. The Balaban J connectivity index is 2.89. The quantitative estimate of drug-likeness (QED) is 0.460. The second-order valence-electron chi connectivity index (χ2n) is 4.51. The highest BCUT2D eigenvalue weighted by atomic mass is 16.5. The highest BCUT2D eigenvalue weighted by Gasteiger charge is 2.45. The number of aliphatic hydroxyl groups is 2. The Kier molecular flexibility index (Phi) is 4.40. The zero-order valence-electron chi connectivity index (χ0n) is 10.5. The fraction of sp³-hybridized carbons (Fsp3) is 0.727. The van der Waals surface area contributed by atoms with Crippen LogP contribution >= 0.6 is 0 Å². The molecule has 0 aromatic heterocycles. The Labute approximate surface area is 105 Å². The molecule has 1 aliphatic rings. The molecule has 0 aromatic rings. The van der Waals surface area contributed by atoms with Crippen LogP contribution in [0.3, 0.4) is 0 Å². The number of piperazine rings is 1. The molecule has 1 heterocycles. The maximum atomic E-state index is 11.9. The van der Waals surface area contributed by atoms with Gasteiger partial charge in [0.05, 0.1) is 18.5 Å². The summed E-state index contributed by atoms with van der Waals surface area (Å²) in [5.74, 6) is -5.07. The average Bonchev–Trinajstić information content (AvgIpc) is 2.28. The number of likely N-dealkylation sites (N-methyl/N-ethyl adjacent to an activating group) is 1. The van der Waals surface area contributed by atoms with Crippen molar-refractivity contribution in [3.05, 3.63) is 0 Å². The van der Waals surface area contributed by atoms with Gasteiger partial charge in [0.1, 0.15) is 0 Å². The van der Waals surface area contributed by atoms with E-state index < -0.39 is 23.5 Å². The molecule has 18 heavy (non-hydrogen) atoms. The summed E-state index contributed by atoms with van der Waals surface area (Å²) in [6, 6.07) is 1.52. The van der Waals surface area contributed by atoms with Crippen LogP contribution in [0.15, 0.2) is 0 Å². The Morgan fingerprint density at radius 1 is 1.44 bits per heavy atom. The van der Waals surface area contributed by atoms with E-state index in [4.69, 9.17) is 5.26 Å². The summed E-state index contributed by atoms with van der Waals surface area (Å²) in [6.45, 7) is 2.22. The minimum Gasteiger partial charge on any atom is -0.352 e. The fourth-order valence-corrected chi connectivity index (χ4v) is 1.91. The van der Waals surface area contributed by atoms with Crippen molar-refractivity contribution in [3.63, 3.8) is 0 Å². The highest BCUT2D eigenvalue weighted by Crippen LogP contribution is 2.16. The molecule has 7 nitrogen and oxygen atoms in total. The minimum absolute atomic E-state index is 0.0874. The number of carbonyl (C=O) groups is 2. The average molecular weight is 255 g/mol. The van der Waals surface area contributed by atoms with Crippen LogP contribution in [0.5, 0.6) is 0 Å². The molecule has 2 N–H and O–H groups in total. The van der Waals surface area contributed by atoms with Crippen LogP contribution < -0.4 is 0 Å². The standard InChI is InChI=1S/C11H17N3O4/c1-8(15)11(17,18)10(16)14-6-5-13(2)7-9(14)3-4-12/h9,17-18H,3,5-7H2,1-2H3. The first kappa shape index (κ1) is 14.6. The summed E-state index contributed by atoms with van der Waals surface area (Å²) in [5, 5.41) is 27.7. The summed E-state index contributed by atoms with van der Waals surface area (Å²) >= 11 is 0. The molecule has 1 saturated heterocycles. The summed E-state index contributed by atoms with van der Waals surface area (Å²) < 4.78 is 0.